The Hall–Kier alpha value is -1.96. The van der Waals surface area contributed by atoms with Crippen LogP contribution in [0.5, 0.6) is 0 Å². The molecule has 126 valence electrons. The molecule has 7 nitrogen and oxygen atoms in total. The number of nitrogens with zero attached hydrogens (tertiary/aromatic N) is 4. The molecule has 2 rings (SSSR count). The summed E-state index contributed by atoms with van der Waals surface area (Å²) >= 11 is 1.84. The summed E-state index contributed by atoms with van der Waals surface area (Å²) in [6.07, 6.45) is 4.87. The summed E-state index contributed by atoms with van der Waals surface area (Å²) in [6.45, 7) is 3.88. The third kappa shape index (κ3) is 5.63. The Kier molecular flexibility index (Phi) is 6.99. The van der Waals surface area contributed by atoms with Gasteiger partial charge in [-0.1, -0.05) is 0 Å². The van der Waals surface area contributed by atoms with Gasteiger partial charge in [0.1, 0.15) is 18.1 Å². The van der Waals surface area contributed by atoms with Crippen molar-refractivity contribution in [3.8, 4) is 0 Å². The van der Waals surface area contributed by atoms with E-state index in [2.05, 4.69) is 32.1 Å². The monoisotopic (exact) mass is 336 g/mol. The van der Waals surface area contributed by atoms with Crippen LogP contribution in [-0.4, -0.2) is 39.3 Å². The van der Waals surface area contributed by atoms with Gasteiger partial charge in [-0.25, -0.2) is 4.99 Å². The van der Waals surface area contributed by atoms with Crippen molar-refractivity contribution in [2.24, 2.45) is 12.0 Å². The summed E-state index contributed by atoms with van der Waals surface area (Å²) < 4.78 is 7.28. The molecule has 23 heavy (non-hydrogen) atoms. The SMILES string of the molecule is CSCCCNC(=NCc1nnc(C)n1C)NCc1ccco1. The average molecular weight is 336 g/mol. The molecule has 2 aromatic heterocycles. The second-order valence-corrected chi connectivity index (χ2v) is 6.08. The highest BCUT2D eigenvalue weighted by molar-refractivity contribution is 7.98. The molecule has 0 atom stereocenters. The van der Waals surface area contributed by atoms with Gasteiger partial charge in [0.05, 0.1) is 12.8 Å². The molecule has 0 aliphatic rings. The first-order valence-electron chi connectivity index (χ1n) is 7.59. The number of furan rings is 1. The van der Waals surface area contributed by atoms with Crippen LogP contribution in [-0.2, 0) is 20.1 Å². The number of aliphatic imine (C=N–C) groups is 1. The van der Waals surface area contributed by atoms with Crippen LogP contribution >= 0.6 is 11.8 Å². The van der Waals surface area contributed by atoms with Crippen molar-refractivity contribution in [2.75, 3.05) is 18.6 Å². The lowest BCUT2D eigenvalue weighted by molar-refractivity contribution is 0.501. The maximum atomic E-state index is 5.34. The normalized spacial score (nSPS) is 11.7. The van der Waals surface area contributed by atoms with Crippen LogP contribution in [0.4, 0.5) is 0 Å². The lowest BCUT2D eigenvalue weighted by Gasteiger charge is -2.11. The van der Waals surface area contributed by atoms with Crippen molar-refractivity contribution in [1.82, 2.24) is 25.4 Å². The second kappa shape index (κ2) is 9.24. The van der Waals surface area contributed by atoms with Gasteiger partial charge in [0.25, 0.3) is 0 Å². The molecule has 0 bridgehead atoms. The minimum atomic E-state index is 0.480. The number of thioether (sulfide) groups is 1. The molecular weight excluding hydrogens is 312 g/mol. The maximum Gasteiger partial charge on any atom is 0.192 e. The van der Waals surface area contributed by atoms with E-state index in [0.29, 0.717) is 13.1 Å². The van der Waals surface area contributed by atoms with E-state index in [4.69, 9.17) is 4.42 Å². The third-order valence-corrected chi connectivity index (χ3v) is 4.09. The molecule has 0 aliphatic heterocycles. The zero-order valence-corrected chi connectivity index (χ0v) is 14.7. The van der Waals surface area contributed by atoms with Gasteiger partial charge in [-0.15, -0.1) is 10.2 Å². The maximum absolute atomic E-state index is 5.34. The first-order chi connectivity index (χ1) is 11.2. The minimum Gasteiger partial charge on any atom is -0.467 e. The summed E-state index contributed by atoms with van der Waals surface area (Å²) in [5, 5.41) is 14.8. The summed E-state index contributed by atoms with van der Waals surface area (Å²) in [5.74, 6) is 4.47. The number of aryl methyl sites for hydroxylation is 1. The molecule has 0 unspecified atom stereocenters. The zero-order chi connectivity index (χ0) is 16.5. The number of hydrogen-bond donors (Lipinski definition) is 2. The Morgan fingerprint density at radius 3 is 2.91 bits per heavy atom. The Bertz CT molecular complexity index is 608. The molecular formula is C15H24N6OS. The molecule has 2 aromatic rings. The number of aromatic nitrogens is 3. The number of rotatable bonds is 8. The predicted molar refractivity (Wildman–Crippen MR) is 93.4 cm³/mol. The Morgan fingerprint density at radius 1 is 1.39 bits per heavy atom. The number of hydrogen-bond acceptors (Lipinski definition) is 5. The molecule has 0 radical (unpaired) electrons. The lowest BCUT2D eigenvalue weighted by atomic mass is 10.4. The van der Waals surface area contributed by atoms with Gasteiger partial charge in [0.15, 0.2) is 11.8 Å². The highest BCUT2D eigenvalue weighted by atomic mass is 32.2. The standard InChI is InChI=1S/C15H24N6OS/c1-12-19-20-14(21(12)2)11-18-15(16-7-5-9-23-3)17-10-13-6-4-8-22-13/h4,6,8H,5,7,9-11H2,1-3H3,(H2,16,17,18). The van der Waals surface area contributed by atoms with Gasteiger partial charge in [-0.3, -0.25) is 0 Å². The Balaban J connectivity index is 1.93. The fourth-order valence-electron chi connectivity index (χ4n) is 1.92. The van der Waals surface area contributed by atoms with E-state index in [0.717, 1.165) is 42.1 Å². The third-order valence-electron chi connectivity index (χ3n) is 3.39. The van der Waals surface area contributed by atoms with E-state index in [9.17, 15) is 0 Å². The molecule has 0 saturated heterocycles. The lowest BCUT2D eigenvalue weighted by Crippen LogP contribution is -2.37. The molecule has 0 saturated carbocycles. The summed E-state index contributed by atoms with van der Waals surface area (Å²) in [7, 11) is 1.95. The van der Waals surface area contributed by atoms with E-state index < -0.39 is 0 Å². The van der Waals surface area contributed by atoms with Crippen LogP contribution < -0.4 is 10.6 Å². The molecule has 0 spiro atoms. The Labute approximate surface area is 141 Å². The Morgan fingerprint density at radius 2 is 2.26 bits per heavy atom. The molecule has 0 aromatic carbocycles. The molecule has 2 heterocycles. The van der Waals surface area contributed by atoms with Crippen LogP contribution in [0.2, 0.25) is 0 Å². The highest BCUT2D eigenvalue weighted by Crippen LogP contribution is 2.01. The second-order valence-electron chi connectivity index (χ2n) is 5.09. The zero-order valence-electron chi connectivity index (χ0n) is 13.9. The van der Waals surface area contributed by atoms with Gasteiger partial charge in [-0.2, -0.15) is 11.8 Å². The van der Waals surface area contributed by atoms with Crippen LogP contribution in [0.3, 0.4) is 0 Å². The molecule has 8 heteroatoms. The summed E-state index contributed by atoms with van der Waals surface area (Å²) in [5.41, 5.74) is 0. The summed E-state index contributed by atoms with van der Waals surface area (Å²) in [6, 6.07) is 3.81. The predicted octanol–water partition coefficient (Wildman–Crippen LogP) is 1.71. The number of guanidine groups is 1. The molecule has 0 fully saturated rings. The number of nitrogens with one attached hydrogen (secondary N) is 2. The highest BCUT2D eigenvalue weighted by Gasteiger charge is 2.05. The first-order valence-corrected chi connectivity index (χ1v) is 8.98. The van der Waals surface area contributed by atoms with E-state index in [1.807, 2.05) is 42.4 Å². The minimum absolute atomic E-state index is 0.480. The van der Waals surface area contributed by atoms with Gasteiger partial charge < -0.3 is 19.6 Å². The van der Waals surface area contributed by atoms with Crippen molar-refractivity contribution < 1.29 is 4.42 Å². The van der Waals surface area contributed by atoms with E-state index in [1.54, 1.807) is 6.26 Å². The van der Waals surface area contributed by atoms with Crippen LogP contribution in [0, 0.1) is 6.92 Å². The van der Waals surface area contributed by atoms with Crippen LogP contribution in [0.1, 0.15) is 23.8 Å². The molecule has 0 amide bonds. The van der Waals surface area contributed by atoms with Crippen molar-refractivity contribution in [3.05, 3.63) is 35.8 Å². The largest absolute Gasteiger partial charge is 0.467 e. The fourth-order valence-corrected chi connectivity index (χ4v) is 2.35. The van der Waals surface area contributed by atoms with Crippen molar-refractivity contribution in [1.29, 1.82) is 0 Å². The molecule has 0 aliphatic carbocycles. The fraction of sp³-hybridized carbons (Fsp3) is 0.533. The van der Waals surface area contributed by atoms with Gasteiger partial charge >= 0.3 is 0 Å². The molecule has 2 N–H and O–H groups in total. The van der Waals surface area contributed by atoms with Crippen LogP contribution in [0.15, 0.2) is 27.8 Å². The topological polar surface area (TPSA) is 80.3 Å². The van der Waals surface area contributed by atoms with Crippen LogP contribution in [0.25, 0.3) is 0 Å². The van der Waals surface area contributed by atoms with E-state index in [-0.39, 0.29) is 0 Å². The van der Waals surface area contributed by atoms with E-state index in [1.165, 1.54) is 0 Å². The summed E-state index contributed by atoms with van der Waals surface area (Å²) in [4.78, 5) is 4.59. The average Bonchev–Trinajstić information content (AvgIpc) is 3.18. The van der Waals surface area contributed by atoms with Gasteiger partial charge in [0.2, 0.25) is 0 Å². The van der Waals surface area contributed by atoms with Crippen molar-refractivity contribution >= 4 is 17.7 Å². The van der Waals surface area contributed by atoms with Crippen molar-refractivity contribution in [2.45, 2.75) is 26.4 Å². The quantitative estimate of drug-likeness (QED) is 0.434. The van der Waals surface area contributed by atoms with E-state index >= 15 is 0 Å². The van der Waals surface area contributed by atoms with Gasteiger partial charge in [0, 0.05) is 13.6 Å². The first kappa shape index (κ1) is 17.4. The van der Waals surface area contributed by atoms with Gasteiger partial charge in [-0.05, 0) is 37.5 Å². The smallest absolute Gasteiger partial charge is 0.192 e. The van der Waals surface area contributed by atoms with Crippen molar-refractivity contribution in [3.63, 3.8) is 0 Å².